The van der Waals surface area contributed by atoms with Gasteiger partial charge in [-0.1, -0.05) is 60.7 Å². The SMILES string of the molecule is CCOC(=O)[C@]1(C)C[C@H](c2ccccc2)N(Cc2ccccc2)O1. The summed E-state index contributed by atoms with van der Waals surface area (Å²) in [5, 5.41) is 1.90. The van der Waals surface area contributed by atoms with Gasteiger partial charge in [0.25, 0.3) is 0 Å². The number of hydrogen-bond donors (Lipinski definition) is 0. The van der Waals surface area contributed by atoms with Crippen molar-refractivity contribution >= 4 is 5.97 Å². The normalized spacial score (nSPS) is 24.0. The molecule has 1 aliphatic rings. The van der Waals surface area contributed by atoms with E-state index in [0.29, 0.717) is 19.6 Å². The van der Waals surface area contributed by atoms with E-state index >= 15 is 0 Å². The molecular weight excluding hydrogens is 302 g/mol. The Morgan fingerprint density at radius 2 is 1.79 bits per heavy atom. The molecule has 0 spiro atoms. The van der Waals surface area contributed by atoms with Gasteiger partial charge in [0.05, 0.1) is 12.6 Å². The van der Waals surface area contributed by atoms with Crippen molar-refractivity contribution in [2.75, 3.05) is 6.61 Å². The lowest BCUT2D eigenvalue weighted by molar-refractivity contribution is -0.220. The number of rotatable bonds is 5. The lowest BCUT2D eigenvalue weighted by atomic mass is 9.94. The van der Waals surface area contributed by atoms with Crippen LogP contribution < -0.4 is 0 Å². The first kappa shape index (κ1) is 16.7. The van der Waals surface area contributed by atoms with Crippen molar-refractivity contribution in [1.82, 2.24) is 5.06 Å². The van der Waals surface area contributed by atoms with Crippen LogP contribution in [0.3, 0.4) is 0 Å². The van der Waals surface area contributed by atoms with Gasteiger partial charge in [0, 0.05) is 13.0 Å². The summed E-state index contributed by atoms with van der Waals surface area (Å²) < 4.78 is 5.22. The summed E-state index contributed by atoms with van der Waals surface area (Å²) in [6, 6.07) is 20.3. The number of hydrogen-bond acceptors (Lipinski definition) is 4. The molecule has 1 fully saturated rings. The summed E-state index contributed by atoms with van der Waals surface area (Å²) >= 11 is 0. The number of hydroxylamine groups is 2. The van der Waals surface area contributed by atoms with Crippen LogP contribution in [0.15, 0.2) is 60.7 Å². The Bertz CT molecular complexity index is 674. The first-order valence-electron chi connectivity index (χ1n) is 8.34. The average molecular weight is 325 g/mol. The molecular formula is C20H23NO3. The van der Waals surface area contributed by atoms with Crippen molar-refractivity contribution in [3.63, 3.8) is 0 Å². The van der Waals surface area contributed by atoms with Crippen molar-refractivity contribution in [2.24, 2.45) is 0 Å². The minimum Gasteiger partial charge on any atom is -0.464 e. The quantitative estimate of drug-likeness (QED) is 0.782. The van der Waals surface area contributed by atoms with Crippen LogP contribution in [0.4, 0.5) is 0 Å². The van der Waals surface area contributed by atoms with E-state index in [2.05, 4.69) is 24.3 Å². The molecule has 3 rings (SSSR count). The molecule has 0 N–H and O–H groups in total. The van der Waals surface area contributed by atoms with Crippen LogP contribution in [0.2, 0.25) is 0 Å². The fourth-order valence-electron chi connectivity index (χ4n) is 3.10. The Kier molecular flexibility index (Phi) is 4.97. The zero-order valence-corrected chi connectivity index (χ0v) is 14.1. The molecule has 0 amide bonds. The molecule has 0 aliphatic carbocycles. The fourth-order valence-corrected chi connectivity index (χ4v) is 3.10. The molecule has 1 aliphatic heterocycles. The van der Waals surface area contributed by atoms with Gasteiger partial charge in [0.2, 0.25) is 0 Å². The summed E-state index contributed by atoms with van der Waals surface area (Å²) in [4.78, 5) is 18.5. The minimum atomic E-state index is -0.953. The average Bonchev–Trinajstić information content (AvgIpc) is 2.95. The first-order chi connectivity index (χ1) is 11.6. The van der Waals surface area contributed by atoms with E-state index in [1.54, 1.807) is 0 Å². The van der Waals surface area contributed by atoms with E-state index in [0.717, 1.165) is 11.1 Å². The minimum absolute atomic E-state index is 0.0146. The lowest BCUT2D eigenvalue weighted by Gasteiger charge is -2.24. The summed E-state index contributed by atoms with van der Waals surface area (Å²) in [6.07, 6.45) is 0.572. The predicted molar refractivity (Wildman–Crippen MR) is 91.9 cm³/mol. The van der Waals surface area contributed by atoms with Gasteiger partial charge < -0.3 is 4.74 Å². The zero-order chi connectivity index (χ0) is 17.0. The second kappa shape index (κ2) is 7.16. The zero-order valence-electron chi connectivity index (χ0n) is 14.1. The maximum absolute atomic E-state index is 12.4. The van der Waals surface area contributed by atoms with Crippen LogP contribution in [0.1, 0.15) is 37.4 Å². The van der Waals surface area contributed by atoms with Crippen LogP contribution in [0, 0.1) is 0 Å². The maximum Gasteiger partial charge on any atom is 0.340 e. The third-order valence-electron chi connectivity index (χ3n) is 4.32. The van der Waals surface area contributed by atoms with Crippen LogP contribution in [0.25, 0.3) is 0 Å². The molecule has 4 heteroatoms. The lowest BCUT2D eigenvalue weighted by Crippen LogP contribution is -2.38. The Labute approximate surface area is 143 Å². The monoisotopic (exact) mass is 325 g/mol. The van der Waals surface area contributed by atoms with Crippen LogP contribution in [-0.2, 0) is 20.9 Å². The van der Waals surface area contributed by atoms with Gasteiger partial charge in [-0.3, -0.25) is 4.84 Å². The van der Waals surface area contributed by atoms with Gasteiger partial charge in [0.15, 0.2) is 5.60 Å². The largest absolute Gasteiger partial charge is 0.464 e. The maximum atomic E-state index is 12.4. The molecule has 126 valence electrons. The molecule has 2 atom stereocenters. The van der Waals surface area contributed by atoms with Gasteiger partial charge in [-0.2, -0.15) is 5.06 Å². The van der Waals surface area contributed by atoms with Gasteiger partial charge in [-0.25, -0.2) is 4.79 Å². The molecule has 1 saturated heterocycles. The predicted octanol–water partition coefficient (Wildman–Crippen LogP) is 3.89. The highest BCUT2D eigenvalue weighted by Gasteiger charge is 2.49. The van der Waals surface area contributed by atoms with E-state index in [1.165, 1.54) is 0 Å². The van der Waals surface area contributed by atoms with Crippen LogP contribution in [-0.4, -0.2) is 23.2 Å². The van der Waals surface area contributed by atoms with E-state index in [-0.39, 0.29) is 12.0 Å². The number of carbonyl (C=O) groups is 1. The van der Waals surface area contributed by atoms with Crippen molar-refractivity contribution in [3.05, 3.63) is 71.8 Å². The highest BCUT2D eigenvalue weighted by Crippen LogP contribution is 2.41. The van der Waals surface area contributed by atoms with E-state index in [9.17, 15) is 4.79 Å². The second-order valence-corrected chi connectivity index (χ2v) is 6.23. The highest BCUT2D eigenvalue weighted by atomic mass is 16.7. The third kappa shape index (κ3) is 3.50. The number of carbonyl (C=O) groups excluding carboxylic acids is 1. The highest BCUT2D eigenvalue weighted by molar-refractivity contribution is 5.79. The Morgan fingerprint density at radius 1 is 1.17 bits per heavy atom. The van der Waals surface area contributed by atoms with Crippen molar-refractivity contribution in [3.8, 4) is 0 Å². The van der Waals surface area contributed by atoms with Crippen LogP contribution in [0.5, 0.6) is 0 Å². The molecule has 24 heavy (non-hydrogen) atoms. The first-order valence-corrected chi connectivity index (χ1v) is 8.34. The molecule has 0 unspecified atom stereocenters. The van der Waals surface area contributed by atoms with Gasteiger partial charge in [-0.15, -0.1) is 0 Å². The molecule has 2 aromatic carbocycles. The smallest absolute Gasteiger partial charge is 0.340 e. The number of esters is 1. The van der Waals surface area contributed by atoms with E-state index < -0.39 is 5.60 Å². The molecule has 1 heterocycles. The van der Waals surface area contributed by atoms with E-state index in [1.807, 2.05) is 55.3 Å². The van der Waals surface area contributed by atoms with Crippen molar-refractivity contribution < 1.29 is 14.4 Å². The molecule has 4 nitrogen and oxygen atoms in total. The number of benzene rings is 2. The van der Waals surface area contributed by atoms with Gasteiger partial charge in [0.1, 0.15) is 0 Å². The summed E-state index contributed by atoms with van der Waals surface area (Å²) in [5.74, 6) is -0.304. The molecule has 0 radical (unpaired) electrons. The molecule has 0 saturated carbocycles. The second-order valence-electron chi connectivity index (χ2n) is 6.23. The Morgan fingerprint density at radius 3 is 2.42 bits per heavy atom. The standard InChI is InChI=1S/C20H23NO3/c1-3-23-19(22)20(2)14-18(17-12-8-5-9-13-17)21(24-20)15-16-10-6-4-7-11-16/h4-13,18H,3,14-15H2,1-2H3/t18-,20+/m1/s1. The Balaban J connectivity index is 1.87. The topological polar surface area (TPSA) is 38.8 Å². The number of nitrogens with zero attached hydrogens (tertiary/aromatic N) is 1. The van der Waals surface area contributed by atoms with Crippen LogP contribution >= 0.6 is 0 Å². The summed E-state index contributed by atoms with van der Waals surface area (Å²) in [7, 11) is 0. The third-order valence-corrected chi connectivity index (χ3v) is 4.32. The molecule has 2 aromatic rings. The van der Waals surface area contributed by atoms with E-state index in [4.69, 9.17) is 9.57 Å². The van der Waals surface area contributed by atoms with Gasteiger partial charge >= 0.3 is 5.97 Å². The van der Waals surface area contributed by atoms with Crippen molar-refractivity contribution in [2.45, 2.75) is 38.5 Å². The molecule has 0 aromatic heterocycles. The van der Waals surface area contributed by atoms with Crippen molar-refractivity contribution in [1.29, 1.82) is 0 Å². The summed E-state index contributed by atoms with van der Waals surface area (Å²) in [5.41, 5.74) is 1.33. The fraction of sp³-hybridized carbons (Fsp3) is 0.350. The van der Waals surface area contributed by atoms with Gasteiger partial charge in [-0.05, 0) is 25.0 Å². The Hall–Kier alpha value is -2.17. The number of ether oxygens (including phenoxy) is 1. The molecule has 0 bridgehead atoms. The summed E-state index contributed by atoms with van der Waals surface area (Å²) in [6.45, 7) is 4.60.